The molecule has 6 rings (SSSR count). The van der Waals surface area contributed by atoms with Gasteiger partial charge in [-0.1, -0.05) is 29.8 Å². The van der Waals surface area contributed by atoms with Gasteiger partial charge >= 0.3 is 0 Å². The Balaban J connectivity index is 1.21. The molecule has 1 amide bonds. The lowest BCUT2D eigenvalue weighted by Crippen LogP contribution is -2.42. The van der Waals surface area contributed by atoms with Crippen molar-refractivity contribution in [1.29, 1.82) is 5.41 Å². The number of morpholine rings is 1. The number of carbonyl (C=O) groups is 1. The Bertz CT molecular complexity index is 1700. The van der Waals surface area contributed by atoms with Gasteiger partial charge < -0.3 is 20.4 Å². The van der Waals surface area contributed by atoms with Crippen LogP contribution in [0.4, 0.5) is 5.82 Å². The highest BCUT2D eigenvalue weighted by molar-refractivity contribution is 5.97. The summed E-state index contributed by atoms with van der Waals surface area (Å²) < 4.78 is 9.07. The zero-order valence-electron chi connectivity index (χ0n) is 26.3. The van der Waals surface area contributed by atoms with Crippen LogP contribution < -0.4 is 5.32 Å². The van der Waals surface area contributed by atoms with Gasteiger partial charge in [0.1, 0.15) is 12.4 Å². The summed E-state index contributed by atoms with van der Waals surface area (Å²) in [4.78, 5) is 23.5. The Morgan fingerprint density at radius 3 is 2.80 bits per heavy atom. The fraction of sp³-hybridized carbons (Fsp3) is 0.412. The van der Waals surface area contributed by atoms with Crippen molar-refractivity contribution in [3.8, 4) is 0 Å². The smallest absolute Gasteiger partial charge is 0.244 e. The Morgan fingerprint density at radius 1 is 1.16 bits per heavy atom. The fourth-order valence-electron chi connectivity index (χ4n) is 6.39. The van der Waals surface area contributed by atoms with Crippen LogP contribution >= 0.6 is 0 Å². The zero-order valence-corrected chi connectivity index (χ0v) is 26.3. The number of fused-ring (bicyclic) bond motifs is 3. The van der Waals surface area contributed by atoms with Crippen LogP contribution in [0.2, 0.25) is 0 Å². The number of aryl methyl sites for hydroxylation is 2. The van der Waals surface area contributed by atoms with E-state index < -0.39 is 0 Å². The van der Waals surface area contributed by atoms with Crippen molar-refractivity contribution in [3.05, 3.63) is 82.0 Å². The number of amides is 1. The van der Waals surface area contributed by atoms with E-state index in [2.05, 4.69) is 46.6 Å². The van der Waals surface area contributed by atoms with Gasteiger partial charge in [0.2, 0.25) is 5.91 Å². The van der Waals surface area contributed by atoms with Crippen LogP contribution in [-0.2, 0) is 36.0 Å². The summed E-state index contributed by atoms with van der Waals surface area (Å²) in [5.41, 5.74) is 9.66. The fourth-order valence-corrected chi connectivity index (χ4v) is 6.39. The first-order chi connectivity index (χ1) is 21.9. The average Bonchev–Trinajstić information content (AvgIpc) is 3.63. The van der Waals surface area contributed by atoms with Crippen LogP contribution in [0.5, 0.6) is 0 Å². The summed E-state index contributed by atoms with van der Waals surface area (Å²) in [5, 5.41) is 20.8. The van der Waals surface area contributed by atoms with E-state index in [1.807, 2.05) is 35.1 Å². The standard InChI is InChI=1S/C34H41N9O2/c1-23-7-10-30(38-31-11-12-43(40-31)22-32(44)42-13-15-45-16-14-42)37-21-26-8-9-28-34(33(23)26)29(41(3)39-28)18-24-5-4-6-25(17-24)27(19-35)20-36-2/h4-6,11-12,17,19-21,27,35H,7-10,13-16,18,22H2,1-3H3,(H,37,38,40)/b26-21-,33-23?,35-19?,36-20?. The molecule has 2 aromatic heterocycles. The molecule has 2 aliphatic heterocycles. The maximum absolute atomic E-state index is 12.6. The number of ether oxygens (including phenoxy) is 1. The molecule has 1 atom stereocenters. The summed E-state index contributed by atoms with van der Waals surface area (Å²) in [6.45, 7) is 4.86. The van der Waals surface area contributed by atoms with E-state index >= 15 is 0 Å². The topological polar surface area (TPSA) is 126 Å². The van der Waals surface area contributed by atoms with Crippen LogP contribution in [0.15, 0.2) is 63.9 Å². The number of carbonyl (C=O) groups excluding carboxylic acids is 1. The third kappa shape index (κ3) is 6.73. The molecule has 1 fully saturated rings. The molecule has 3 aliphatic rings. The second-order valence-electron chi connectivity index (χ2n) is 11.8. The zero-order chi connectivity index (χ0) is 31.3. The van der Waals surface area contributed by atoms with E-state index in [9.17, 15) is 4.79 Å². The summed E-state index contributed by atoms with van der Waals surface area (Å²) >= 11 is 0. The van der Waals surface area contributed by atoms with Gasteiger partial charge in [-0.15, -0.1) is 0 Å². The molecule has 1 unspecified atom stereocenters. The summed E-state index contributed by atoms with van der Waals surface area (Å²) in [7, 11) is 3.78. The number of rotatable bonds is 8. The second-order valence-corrected chi connectivity index (χ2v) is 11.8. The Hall–Kier alpha value is -4.64. The van der Waals surface area contributed by atoms with Crippen molar-refractivity contribution in [2.24, 2.45) is 17.0 Å². The number of aromatic nitrogens is 4. The van der Waals surface area contributed by atoms with Crippen molar-refractivity contribution in [2.75, 3.05) is 38.7 Å². The first-order valence-electron chi connectivity index (χ1n) is 15.6. The Kier molecular flexibility index (Phi) is 9.16. The van der Waals surface area contributed by atoms with Crippen LogP contribution in [0.1, 0.15) is 60.2 Å². The summed E-state index contributed by atoms with van der Waals surface area (Å²) in [6, 6.07) is 10.3. The monoisotopic (exact) mass is 607 g/mol. The van der Waals surface area contributed by atoms with Gasteiger partial charge in [-0.2, -0.15) is 10.2 Å². The summed E-state index contributed by atoms with van der Waals surface area (Å²) in [6.07, 6.45) is 11.2. The van der Waals surface area contributed by atoms with Gasteiger partial charge in [-0.3, -0.25) is 19.2 Å². The molecule has 1 saturated heterocycles. The number of allylic oxidation sites excluding steroid dienone is 3. The first kappa shape index (κ1) is 30.4. The molecule has 11 nitrogen and oxygen atoms in total. The number of benzene rings is 1. The quantitative estimate of drug-likeness (QED) is 0.367. The highest BCUT2D eigenvalue weighted by Crippen LogP contribution is 2.41. The maximum atomic E-state index is 12.6. The van der Waals surface area contributed by atoms with E-state index in [4.69, 9.17) is 20.2 Å². The van der Waals surface area contributed by atoms with Gasteiger partial charge in [0.05, 0.1) is 30.5 Å². The third-order valence-corrected chi connectivity index (χ3v) is 8.75. The molecule has 0 bridgehead atoms. The minimum Gasteiger partial charge on any atom is -0.378 e. The first-order valence-corrected chi connectivity index (χ1v) is 15.6. The molecule has 1 aromatic carbocycles. The SMILES string of the molecule is CN=CC(C=N)c1cccc(Cc2c3c(nn2C)CC/C2=C/N=C(Nc4ccn(CC(=O)N5CCOCC5)n4)CCC(C)=C23)c1. The molecule has 234 valence electrons. The molecule has 0 radical (unpaired) electrons. The largest absolute Gasteiger partial charge is 0.378 e. The minimum atomic E-state index is -0.132. The minimum absolute atomic E-state index is 0.0509. The second kappa shape index (κ2) is 13.6. The summed E-state index contributed by atoms with van der Waals surface area (Å²) in [5.74, 6) is 1.46. The van der Waals surface area contributed by atoms with Crippen LogP contribution in [-0.4, -0.2) is 82.0 Å². The molecular formula is C34H41N9O2. The lowest BCUT2D eigenvalue weighted by atomic mass is 9.81. The average molecular weight is 608 g/mol. The van der Waals surface area contributed by atoms with Gasteiger partial charge in [0, 0.05) is 76.5 Å². The third-order valence-electron chi connectivity index (χ3n) is 8.75. The number of nitrogens with one attached hydrogen (secondary N) is 2. The number of nitrogens with zero attached hydrogens (tertiary/aromatic N) is 7. The molecule has 45 heavy (non-hydrogen) atoms. The maximum Gasteiger partial charge on any atom is 0.244 e. The van der Waals surface area contributed by atoms with Gasteiger partial charge in [0.15, 0.2) is 5.82 Å². The lowest BCUT2D eigenvalue weighted by molar-refractivity contribution is -0.136. The molecular weight excluding hydrogens is 566 g/mol. The van der Waals surface area contributed by atoms with Crippen LogP contribution in [0.3, 0.4) is 0 Å². The van der Waals surface area contributed by atoms with Crippen molar-refractivity contribution < 1.29 is 9.53 Å². The van der Waals surface area contributed by atoms with E-state index in [1.54, 1.807) is 17.9 Å². The molecule has 0 spiro atoms. The highest BCUT2D eigenvalue weighted by atomic mass is 16.5. The molecule has 1 aliphatic carbocycles. The van der Waals surface area contributed by atoms with E-state index in [0.717, 1.165) is 49.2 Å². The van der Waals surface area contributed by atoms with Crippen molar-refractivity contribution in [2.45, 2.75) is 51.5 Å². The molecule has 4 heterocycles. The number of anilines is 1. The normalized spacial score (nSPS) is 18.8. The van der Waals surface area contributed by atoms with Crippen LogP contribution in [0.25, 0.3) is 5.57 Å². The predicted molar refractivity (Wildman–Crippen MR) is 177 cm³/mol. The van der Waals surface area contributed by atoms with Crippen molar-refractivity contribution in [1.82, 2.24) is 24.5 Å². The number of aliphatic imine (C=N–C) groups is 2. The van der Waals surface area contributed by atoms with Gasteiger partial charge in [-0.05, 0) is 48.5 Å². The van der Waals surface area contributed by atoms with E-state index in [-0.39, 0.29) is 18.4 Å². The number of amidine groups is 1. The Labute approximate surface area is 263 Å². The lowest BCUT2D eigenvalue weighted by Gasteiger charge is -2.26. The van der Waals surface area contributed by atoms with Gasteiger partial charge in [0.25, 0.3) is 0 Å². The van der Waals surface area contributed by atoms with Gasteiger partial charge in [-0.25, -0.2) is 4.99 Å². The molecule has 0 saturated carbocycles. The van der Waals surface area contributed by atoms with Crippen LogP contribution in [0, 0.1) is 5.41 Å². The van der Waals surface area contributed by atoms with Crippen molar-refractivity contribution in [3.63, 3.8) is 0 Å². The molecule has 2 N–H and O–H groups in total. The number of hydrogen-bond donors (Lipinski definition) is 2. The van der Waals surface area contributed by atoms with E-state index in [1.165, 1.54) is 39.8 Å². The predicted octanol–water partition coefficient (Wildman–Crippen LogP) is 4.41. The Morgan fingerprint density at radius 2 is 2.00 bits per heavy atom. The van der Waals surface area contributed by atoms with E-state index in [0.29, 0.717) is 32.1 Å². The molecule has 11 heteroatoms. The van der Waals surface area contributed by atoms with Crippen molar-refractivity contribution >= 4 is 35.6 Å². The highest BCUT2D eigenvalue weighted by Gasteiger charge is 2.29. The number of hydrogen-bond acceptors (Lipinski definition) is 8. The molecule has 3 aromatic rings.